The first-order chi connectivity index (χ1) is 14.6. The maximum Gasteiger partial charge on any atom is 0.279 e. The Morgan fingerprint density at radius 2 is 1.47 bits per heavy atom. The third kappa shape index (κ3) is 5.93. The van der Waals surface area contributed by atoms with Gasteiger partial charge in [-0.05, 0) is 36.8 Å². The van der Waals surface area contributed by atoms with Crippen molar-refractivity contribution >= 4 is 28.9 Å². The summed E-state index contributed by atoms with van der Waals surface area (Å²) >= 11 is 0. The van der Waals surface area contributed by atoms with Gasteiger partial charge in [0, 0.05) is 5.69 Å². The largest absolute Gasteiger partial charge is 0.385 e. The number of para-hydroxylation sites is 2. The summed E-state index contributed by atoms with van der Waals surface area (Å²) in [7, 11) is 0. The molecule has 7 heteroatoms. The number of nitrogens with zero attached hydrogens (tertiary/aromatic N) is 1. The van der Waals surface area contributed by atoms with Gasteiger partial charge in [-0.15, -0.1) is 0 Å². The van der Waals surface area contributed by atoms with E-state index in [2.05, 4.69) is 21.3 Å². The zero-order valence-electron chi connectivity index (χ0n) is 16.5. The van der Waals surface area contributed by atoms with Gasteiger partial charge in [0.25, 0.3) is 11.8 Å². The number of rotatable bonds is 7. The lowest BCUT2D eigenvalue weighted by atomic mass is 10.1. The highest BCUT2D eigenvalue weighted by molar-refractivity contribution is 6.01. The van der Waals surface area contributed by atoms with E-state index in [1.807, 2.05) is 66.7 Å². The quantitative estimate of drug-likeness (QED) is 0.416. The lowest BCUT2D eigenvalue weighted by molar-refractivity contribution is -0.126. The molecule has 3 aromatic carbocycles. The lowest BCUT2D eigenvalue weighted by Crippen LogP contribution is -2.43. The average molecular weight is 402 g/mol. The van der Waals surface area contributed by atoms with Gasteiger partial charge in [-0.25, -0.2) is 0 Å². The van der Waals surface area contributed by atoms with Gasteiger partial charge in [-0.1, -0.05) is 65.8 Å². The maximum absolute atomic E-state index is 12.5. The molecule has 0 aliphatic heterocycles. The molecule has 0 heterocycles. The highest BCUT2D eigenvalue weighted by Gasteiger charge is 2.12. The molecule has 0 atom stereocenters. The molecule has 0 aliphatic carbocycles. The van der Waals surface area contributed by atoms with E-state index in [-0.39, 0.29) is 6.61 Å². The standard InChI is InChI=1S/C23H22N4O3/c1-17(18-10-4-2-5-11-18)27-30-16-22(28)25-26-23(29)20-14-8-9-15-21(20)24-19-12-6-3-7-13-19/h2-15,24H,16H2,1H3,(H,25,28)(H,26,29)/b27-17+. The number of anilines is 2. The van der Waals surface area contributed by atoms with E-state index in [1.54, 1.807) is 25.1 Å². The molecule has 0 saturated carbocycles. The minimum Gasteiger partial charge on any atom is -0.385 e. The summed E-state index contributed by atoms with van der Waals surface area (Å²) in [6.07, 6.45) is 0. The number of amides is 2. The van der Waals surface area contributed by atoms with Crippen molar-refractivity contribution in [3.63, 3.8) is 0 Å². The average Bonchev–Trinajstić information content (AvgIpc) is 2.79. The SMILES string of the molecule is C/C(=N\OCC(=O)NNC(=O)c1ccccc1Nc1ccccc1)c1ccccc1. The molecule has 0 saturated heterocycles. The van der Waals surface area contributed by atoms with E-state index in [0.717, 1.165) is 11.3 Å². The molecule has 7 nitrogen and oxygen atoms in total. The van der Waals surface area contributed by atoms with Crippen LogP contribution >= 0.6 is 0 Å². The molecule has 3 rings (SSSR count). The normalized spacial score (nSPS) is 10.8. The molecule has 0 aromatic heterocycles. The van der Waals surface area contributed by atoms with Crippen molar-refractivity contribution in [2.75, 3.05) is 11.9 Å². The predicted octanol–water partition coefficient (Wildman–Crippen LogP) is 3.63. The van der Waals surface area contributed by atoms with Crippen molar-refractivity contribution < 1.29 is 14.4 Å². The summed E-state index contributed by atoms with van der Waals surface area (Å²) in [6, 6.07) is 26.0. The molecule has 0 fully saturated rings. The van der Waals surface area contributed by atoms with Gasteiger partial charge < -0.3 is 10.2 Å². The number of nitrogens with one attached hydrogen (secondary N) is 3. The highest BCUT2D eigenvalue weighted by Crippen LogP contribution is 2.20. The first kappa shape index (κ1) is 20.6. The van der Waals surface area contributed by atoms with Crippen LogP contribution in [0.1, 0.15) is 22.8 Å². The Morgan fingerprint density at radius 3 is 2.20 bits per heavy atom. The number of oxime groups is 1. The monoisotopic (exact) mass is 402 g/mol. The van der Waals surface area contributed by atoms with Crippen LogP contribution < -0.4 is 16.2 Å². The molecule has 0 radical (unpaired) electrons. The second-order valence-corrected chi connectivity index (χ2v) is 6.36. The summed E-state index contributed by atoms with van der Waals surface area (Å²) in [5, 5.41) is 7.10. The summed E-state index contributed by atoms with van der Waals surface area (Å²) < 4.78 is 0. The number of carbonyl (C=O) groups excluding carboxylic acids is 2. The Kier molecular flexibility index (Phi) is 7.16. The van der Waals surface area contributed by atoms with Crippen LogP contribution in [-0.2, 0) is 9.63 Å². The Labute approximate surface area is 174 Å². The molecule has 2 amide bonds. The number of benzene rings is 3. The smallest absolute Gasteiger partial charge is 0.279 e. The van der Waals surface area contributed by atoms with Crippen molar-refractivity contribution in [2.24, 2.45) is 5.16 Å². The minimum atomic E-state index is -0.526. The van der Waals surface area contributed by atoms with Crippen LogP contribution in [0.4, 0.5) is 11.4 Å². The fourth-order valence-electron chi connectivity index (χ4n) is 2.62. The lowest BCUT2D eigenvalue weighted by Gasteiger charge is -2.12. The molecule has 3 N–H and O–H groups in total. The van der Waals surface area contributed by atoms with Gasteiger partial charge in [-0.3, -0.25) is 20.4 Å². The molecule has 30 heavy (non-hydrogen) atoms. The first-order valence-corrected chi connectivity index (χ1v) is 9.36. The van der Waals surface area contributed by atoms with Crippen LogP contribution in [0, 0.1) is 0 Å². The van der Waals surface area contributed by atoms with E-state index < -0.39 is 11.8 Å². The van der Waals surface area contributed by atoms with E-state index in [4.69, 9.17) is 4.84 Å². The third-order valence-electron chi connectivity index (χ3n) is 4.13. The van der Waals surface area contributed by atoms with E-state index in [0.29, 0.717) is 17.0 Å². The van der Waals surface area contributed by atoms with E-state index in [9.17, 15) is 9.59 Å². The summed E-state index contributed by atoms with van der Waals surface area (Å²) in [6.45, 7) is 1.46. The summed E-state index contributed by atoms with van der Waals surface area (Å²) in [5.74, 6) is -0.979. The molecule has 0 aliphatic rings. The second-order valence-electron chi connectivity index (χ2n) is 6.36. The van der Waals surface area contributed by atoms with Gasteiger partial charge in [0.15, 0.2) is 6.61 Å². The van der Waals surface area contributed by atoms with Gasteiger partial charge in [0.2, 0.25) is 0 Å². The van der Waals surface area contributed by atoms with Crippen molar-refractivity contribution in [2.45, 2.75) is 6.92 Å². The fourth-order valence-corrected chi connectivity index (χ4v) is 2.62. The number of hydrazine groups is 1. The van der Waals surface area contributed by atoms with Crippen molar-refractivity contribution in [1.82, 2.24) is 10.9 Å². The Bertz CT molecular complexity index is 1020. The minimum absolute atomic E-state index is 0.325. The molecule has 3 aromatic rings. The highest BCUT2D eigenvalue weighted by atomic mass is 16.6. The van der Waals surface area contributed by atoms with Crippen LogP contribution in [0.2, 0.25) is 0 Å². The second kappa shape index (κ2) is 10.4. The Hall–Kier alpha value is -4.13. The third-order valence-corrected chi connectivity index (χ3v) is 4.13. The van der Waals surface area contributed by atoms with Crippen LogP contribution in [0.3, 0.4) is 0 Å². The molecule has 0 spiro atoms. The maximum atomic E-state index is 12.5. The predicted molar refractivity (Wildman–Crippen MR) is 116 cm³/mol. The zero-order chi connectivity index (χ0) is 21.2. The van der Waals surface area contributed by atoms with Crippen molar-refractivity contribution in [3.8, 4) is 0 Å². The van der Waals surface area contributed by atoms with Gasteiger partial charge >= 0.3 is 0 Å². The number of carbonyl (C=O) groups is 2. The first-order valence-electron chi connectivity index (χ1n) is 9.36. The zero-order valence-corrected chi connectivity index (χ0v) is 16.5. The molecule has 0 bridgehead atoms. The molecule has 0 unspecified atom stereocenters. The van der Waals surface area contributed by atoms with Gasteiger partial charge in [-0.2, -0.15) is 0 Å². The fraction of sp³-hybridized carbons (Fsp3) is 0.0870. The van der Waals surface area contributed by atoms with Crippen molar-refractivity contribution in [1.29, 1.82) is 0 Å². The van der Waals surface area contributed by atoms with E-state index in [1.165, 1.54) is 0 Å². The van der Waals surface area contributed by atoms with E-state index >= 15 is 0 Å². The van der Waals surface area contributed by atoms with Crippen LogP contribution in [0.25, 0.3) is 0 Å². The van der Waals surface area contributed by atoms with Crippen molar-refractivity contribution in [3.05, 3.63) is 96.1 Å². The molecular formula is C23H22N4O3. The van der Waals surface area contributed by atoms with Crippen LogP contribution in [0.5, 0.6) is 0 Å². The number of hydrogen-bond donors (Lipinski definition) is 3. The number of hydrogen-bond acceptors (Lipinski definition) is 5. The van der Waals surface area contributed by atoms with Crippen LogP contribution in [-0.4, -0.2) is 24.1 Å². The Balaban J connectivity index is 1.51. The summed E-state index contributed by atoms with van der Waals surface area (Å²) in [5.41, 5.74) is 8.11. The molecular weight excluding hydrogens is 380 g/mol. The topological polar surface area (TPSA) is 91.8 Å². The van der Waals surface area contributed by atoms with Crippen LogP contribution in [0.15, 0.2) is 90.1 Å². The van der Waals surface area contributed by atoms with Gasteiger partial charge in [0.05, 0.1) is 17.0 Å². The Morgan fingerprint density at radius 1 is 0.833 bits per heavy atom. The molecule has 152 valence electrons. The van der Waals surface area contributed by atoms with Gasteiger partial charge in [0.1, 0.15) is 0 Å². The summed E-state index contributed by atoms with van der Waals surface area (Å²) in [4.78, 5) is 29.5.